The minimum Gasteiger partial charge on any atom is -0.293 e. The minimum absolute atomic E-state index is 0.0248. The number of hydrogen-bond donors (Lipinski definition) is 4. The van der Waals surface area contributed by atoms with Crippen LogP contribution in [0.15, 0.2) is 103 Å². The quantitative estimate of drug-likeness (QED) is 0.0784. The summed E-state index contributed by atoms with van der Waals surface area (Å²) in [5.41, 5.74) is -0.775. The average Bonchev–Trinajstić information content (AvgIpc) is 3.10. The van der Waals surface area contributed by atoms with Crippen LogP contribution < -0.4 is 0 Å². The fourth-order valence-electron chi connectivity index (χ4n) is 5.08. The monoisotopic (exact) mass is 748 g/mol. The van der Waals surface area contributed by atoms with Crippen LogP contribution in [0.3, 0.4) is 0 Å². The zero-order chi connectivity index (χ0) is 38.0. The highest BCUT2D eigenvalue weighted by Crippen LogP contribution is 2.38. The van der Waals surface area contributed by atoms with E-state index in [1.807, 2.05) is 20.8 Å². The van der Waals surface area contributed by atoms with Crippen molar-refractivity contribution in [1.82, 2.24) is 9.97 Å². The summed E-state index contributed by atoms with van der Waals surface area (Å²) in [6.45, 7) is 5.82. The summed E-state index contributed by atoms with van der Waals surface area (Å²) in [6, 6.07) is 23.9. The Hall–Kier alpha value is -5.08. The van der Waals surface area contributed by atoms with Gasteiger partial charge >= 0.3 is 12.4 Å². The van der Waals surface area contributed by atoms with Gasteiger partial charge in [-0.15, -0.1) is 0 Å². The maximum absolute atomic E-state index is 13.7. The number of aromatic nitrogens is 2. The van der Waals surface area contributed by atoms with E-state index >= 15 is 0 Å². The van der Waals surface area contributed by atoms with Gasteiger partial charge in [-0.05, 0) is 89.1 Å². The van der Waals surface area contributed by atoms with Crippen molar-refractivity contribution in [2.24, 2.45) is 0 Å². The third kappa shape index (κ3) is 8.86. The van der Waals surface area contributed by atoms with Crippen molar-refractivity contribution in [2.45, 2.75) is 38.5 Å². The number of nitrogens with one attached hydrogen (secondary N) is 4. The van der Waals surface area contributed by atoms with Crippen LogP contribution in [0.2, 0.25) is 0 Å². The van der Waals surface area contributed by atoms with Gasteiger partial charge in [0.25, 0.3) is 0 Å². The Labute approximate surface area is 304 Å². The molecule has 2 heterocycles. The lowest BCUT2D eigenvalue weighted by molar-refractivity contribution is -0.137. The fourth-order valence-corrected chi connectivity index (χ4v) is 6.40. The lowest BCUT2D eigenvalue weighted by Gasteiger charge is -2.22. The predicted molar refractivity (Wildman–Crippen MR) is 197 cm³/mol. The second kappa shape index (κ2) is 14.9. The van der Waals surface area contributed by atoms with Crippen molar-refractivity contribution in [3.8, 4) is 22.5 Å². The van der Waals surface area contributed by atoms with E-state index in [1.165, 1.54) is 72.8 Å². The third-order valence-electron chi connectivity index (χ3n) is 7.71. The van der Waals surface area contributed by atoms with Gasteiger partial charge in [0.15, 0.2) is 0 Å². The molecule has 0 fully saturated rings. The highest BCUT2D eigenvalue weighted by atomic mass is 32.2. The molecule has 0 bridgehead atoms. The van der Waals surface area contributed by atoms with Crippen LogP contribution in [-0.4, -0.2) is 30.1 Å². The van der Waals surface area contributed by atoms with E-state index in [0.29, 0.717) is 11.1 Å². The molecular weight excluding hydrogens is 719 g/mol. The molecule has 14 heteroatoms. The van der Waals surface area contributed by atoms with E-state index in [4.69, 9.17) is 21.6 Å². The van der Waals surface area contributed by atoms with Crippen LogP contribution in [0.4, 0.5) is 26.3 Å². The number of halogens is 6. The van der Waals surface area contributed by atoms with Crippen LogP contribution >= 0.6 is 23.5 Å². The molecule has 5 aromatic rings. The summed E-state index contributed by atoms with van der Waals surface area (Å²) < 4.78 is 82.1. The van der Waals surface area contributed by atoms with Crippen LogP contribution in [0, 0.1) is 21.6 Å². The number of thioether (sulfide) groups is 2. The second-order valence-electron chi connectivity index (χ2n) is 12.5. The summed E-state index contributed by atoms with van der Waals surface area (Å²) >= 11 is 1.49. The molecular formula is C38H30F6N6S2. The largest absolute Gasteiger partial charge is 0.417 e. The van der Waals surface area contributed by atoms with E-state index in [9.17, 15) is 26.3 Å². The summed E-state index contributed by atoms with van der Waals surface area (Å²) in [6.07, 6.45) is -9.22. The van der Waals surface area contributed by atoms with Gasteiger partial charge in [-0.2, -0.15) is 26.3 Å². The normalized spacial score (nSPS) is 12.0. The topological polar surface area (TPSA) is 121 Å². The van der Waals surface area contributed by atoms with Crippen LogP contribution in [-0.2, 0) is 17.8 Å². The number of nitrogens with zero attached hydrogens (tertiary/aromatic N) is 2. The van der Waals surface area contributed by atoms with Gasteiger partial charge in [-0.25, -0.2) is 9.97 Å². The molecule has 0 aliphatic heterocycles. The molecule has 6 nitrogen and oxygen atoms in total. The van der Waals surface area contributed by atoms with Gasteiger partial charge < -0.3 is 0 Å². The van der Waals surface area contributed by atoms with Gasteiger partial charge in [-0.1, -0.05) is 69.3 Å². The molecule has 0 saturated heterocycles. The standard InChI is InChI=1S/C38H30F6N6S2/c1-36(2,3)23-19-21(32(45)51-34(47)30-16-8-14-28(49-30)24-10-4-6-12-26(24)37(39,40)41)18-22(20-23)33(46)52-35(48)31-17-9-15-29(50-31)25-11-5-7-13-27(25)38(42,43)44/h4-20,45-48H,1-3H3. The third-order valence-corrected chi connectivity index (χ3v) is 9.42. The van der Waals surface area contributed by atoms with E-state index in [2.05, 4.69) is 9.97 Å². The number of rotatable bonds is 6. The Bertz CT molecular complexity index is 2060. The first-order valence-electron chi connectivity index (χ1n) is 15.5. The molecule has 0 radical (unpaired) electrons. The first kappa shape index (κ1) is 38.2. The summed E-state index contributed by atoms with van der Waals surface area (Å²) in [7, 11) is 0. The Balaban J connectivity index is 1.39. The molecule has 3 aromatic carbocycles. The van der Waals surface area contributed by atoms with Crippen molar-refractivity contribution in [1.29, 1.82) is 21.6 Å². The second-order valence-corrected chi connectivity index (χ2v) is 14.5. The summed E-state index contributed by atoms with van der Waals surface area (Å²) in [5, 5.41) is 34.5. The number of benzene rings is 3. The molecule has 0 aliphatic carbocycles. The fraction of sp³-hybridized carbons (Fsp3) is 0.158. The molecule has 0 aliphatic rings. The number of pyridine rings is 2. The number of alkyl halides is 6. The number of hydrogen-bond acceptors (Lipinski definition) is 8. The maximum atomic E-state index is 13.7. The Morgan fingerprint density at radius 2 is 0.885 bits per heavy atom. The van der Waals surface area contributed by atoms with Crippen molar-refractivity contribution in [3.05, 3.63) is 142 Å². The first-order chi connectivity index (χ1) is 24.3. The first-order valence-corrected chi connectivity index (χ1v) is 17.1. The predicted octanol–water partition coefficient (Wildman–Crippen LogP) is 11.3. The molecule has 0 atom stereocenters. The lowest BCUT2D eigenvalue weighted by atomic mass is 9.85. The zero-order valence-corrected chi connectivity index (χ0v) is 29.4. The van der Waals surface area contributed by atoms with Crippen molar-refractivity contribution < 1.29 is 26.3 Å². The molecule has 0 spiro atoms. The van der Waals surface area contributed by atoms with Crippen LogP contribution in [0.5, 0.6) is 0 Å². The van der Waals surface area contributed by atoms with Crippen molar-refractivity contribution in [2.75, 3.05) is 0 Å². The summed E-state index contributed by atoms with van der Waals surface area (Å²) in [4.78, 5) is 8.61. The molecule has 52 heavy (non-hydrogen) atoms. The zero-order valence-electron chi connectivity index (χ0n) is 27.8. The molecule has 2 aromatic heterocycles. The van der Waals surface area contributed by atoms with Gasteiger partial charge in [0, 0.05) is 22.3 Å². The molecule has 4 N–H and O–H groups in total. The smallest absolute Gasteiger partial charge is 0.293 e. The van der Waals surface area contributed by atoms with Gasteiger partial charge in [0.2, 0.25) is 0 Å². The van der Waals surface area contributed by atoms with Gasteiger partial charge in [-0.3, -0.25) is 21.6 Å². The Morgan fingerprint density at radius 3 is 1.25 bits per heavy atom. The average molecular weight is 749 g/mol. The molecule has 266 valence electrons. The van der Waals surface area contributed by atoms with Gasteiger partial charge in [0.05, 0.1) is 33.9 Å². The van der Waals surface area contributed by atoms with Crippen molar-refractivity contribution in [3.63, 3.8) is 0 Å². The lowest BCUT2D eigenvalue weighted by Crippen LogP contribution is -2.15. The highest BCUT2D eigenvalue weighted by Gasteiger charge is 2.35. The van der Waals surface area contributed by atoms with Crippen LogP contribution in [0.1, 0.15) is 60.0 Å². The minimum atomic E-state index is -4.61. The Kier molecular flexibility index (Phi) is 10.9. The molecule has 0 unspecified atom stereocenters. The Morgan fingerprint density at radius 1 is 0.500 bits per heavy atom. The molecule has 0 amide bonds. The van der Waals surface area contributed by atoms with E-state index < -0.39 is 28.9 Å². The van der Waals surface area contributed by atoms with E-state index in [-0.39, 0.29) is 54.1 Å². The SMILES string of the molecule is CC(C)(C)c1cc(C(=N)SC(=N)c2cccc(-c3ccccc3C(F)(F)F)n2)cc(C(=N)SC(=N)c2cccc(-c3ccccc3C(F)(F)F)n2)c1. The summed E-state index contributed by atoms with van der Waals surface area (Å²) in [5.74, 6) is 0. The van der Waals surface area contributed by atoms with Crippen molar-refractivity contribution >= 4 is 43.7 Å². The molecule has 5 rings (SSSR count). The highest BCUT2D eigenvalue weighted by molar-refractivity contribution is 8.27. The van der Waals surface area contributed by atoms with Gasteiger partial charge in [0.1, 0.15) is 20.2 Å². The maximum Gasteiger partial charge on any atom is 0.417 e. The molecule has 0 saturated carbocycles. The van der Waals surface area contributed by atoms with E-state index in [1.54, 1.807) is 18.2 Å². The van der Waals surface area contributed by atoms with Crippen LogP contribution in [0.25, 0.3) is 22.5 Å². The van der Waals surface area contributed by atoms with E-state index in [0.717, 1.165) is 41.2 Å².